The summed E-state index contributed by atoms with van der Waals surface area (Å²) in [7, 11) is 3.26. The molecule has 0 radical (unpaired) electrons. The molecule has 35 heavy (non-hydrogen) atoms. The van der Waals surface area contributed by atoms with E-state index in [-0.39, 0.29) is 26.0 Å². The minimum Gasteiger partial charge on any atom is -0.461 e. The van der Waals surface area contributed by atoms with Crippen molar-refractivity contribution in [1.82, 2.24) is 15.2 Å². The van der Waals surface area contributed by atoms with Gasteiger partial charge in [0.05, 0.1) is 11.3 Å². The van der Waals surface area contributed by atoms with E-state index in [0.717, 1.165) is 16.7 Å². The number of aliphatic imine (C=N–C) groups is 1. The Kier molecular flexibility index (Phi) is 12.2. The molecule has 8 heteroatoms. The number of carbonyl (C=O) groups is 2. The van der Waals surface area contributed by atoms with Gasteiger partial charge in [-0.25, -0.2) is 4.99 Å². The van der Waals surface area contributed by atoms with Gasteiger partial charge in [0.2, 0.25) is 5.96 Å². The van der Waals surface area contributed by atoms with Crippen LogP contribution in [0, 0.1) is 6.92 Å². The molecule has 190 valence electrons. The van der Waals surface area contributed by atoms with Gasteiger partial charge >= 0.3 is 0 Å². The van der Waals surface area contributed by atoms with E-state index >= 15 is 0 Å². The molecule has 3 rings (SSSR count). The fraction of sp³-hybridized carbons (Fsp3) is 0.259. The highest BCUT2D eigenvalue weighted by Crippen LogP contribution is 2.24. The molecule has 8 nitrogen and oxygen atoms in total. The molecule has 0 unspecified atom stereocenters. The lowest BCUT2D eigenvalue weighted by atomic mass is 10.2. The molecule has 2 heterocycles. The van der Waals surface area contributed by atoms with E-state index in [1.807, 2.05) is 25.1 Å². The average Bonchev–Trinajstić information content (AvgIpc) is 3.23. The van der Waals surface area contributed by atoms with Crippen molar-refractivity contribution in [1.29, 1.82) is 0 Å². The summed E-state index contributed by atoms with van der Waals surface area (Å²) in [5.41, 5.74) is 7.69. The fourth-order valence-electron chi connectivity index (χ4n) is 2.82. The summed E-state index contributed by atoms with van der Waals surface area (Å²) < 4.78 is 5.51. The molecule has 2 amide bonds. The number of benzene rings is 1. The Labute approximate surface area is 210 Å². The van der Waals surface area contributed by atoms with Gasteiger partial charge in [-0.3, -0.25) is 19.9 Å². The largest absolute Gasteiger partial charge is 0.461 e. The third-order valence-electron chi connectivity index (χ3n) is 4.53. The number of aromatic nitrogens is 1. The van der Waals surface area contributed by atoms with E-state index in [9.17, 15) is 9.59 Å². The topological polar surface area (TPSA) is 114 Å². The third-order valence-corrected chi connectivity index (χ3v) is 4.53. The number of amides is 2. The number of unbranched alkanes of at least 4 members (excludes halogenated alkanes) is 2. The van der Waals surface area contributed by atoms with Gasteiger partial charge in [0.25, 0.3) is 11.8 Å². The van der Waals surface area contributed by atoms with Gasteiger partial charge in [-0.1, -0.05) is 25.8 Å². The summed E-state index contributed by atoms with van der Waals surface area (Å²) in [6, 6.07) is 10.2. The molecule has 0 saturated carbocycles. The SMILES string of the molecule is C=C.C=CCCCC.Cc1cc2cc(N=C(N)NC(=O)c3ccc(C(=O)N(C)C)nc3)ccc2o1.[HH].[HH]. The van der Waals surface area contributed by atoms with Gasteiger partial charge in [-0.05, 0) is 49.7 Å². The van der Waals surface area contributed by atoms with Crippen LogP contribution in [0.15, 0.2) is 77.8 Å². The molecule has 0 aliphatic rings. The van der Waals surface area contributed by atoms with Gasteiger partial charge in [-0.2, -0.15) is 0 Å². The van der Waals surface area contributed by atoms with Crippen LogP contribution in [-0.2, 0) is 0 Å². The van der Waals surface area contributed by atoms with Crippen molar-refractivity contribution >= 4 is 34.4 Å². The monoisotopic (exact) mass is 481 g/mol. The van der Waals surface area contributed by atoms with E-state index in [0.29, 0.717) is 5.69 Å². The number of pyridine rings is 1. The van der Waals surface area contributed by atoms with E-state index in [1.54, 1.807) is 26.2 Å². The zero-order valence-corrected chi connectivity index (χ0v) is 21.0. The van der Waals surface area contributed by atoms with E-state index in [4.69, 9.17) is 10.2 Å². The minimum atomic E-state index is -0.465. The van der Waals surface area contributed by atoms with Crippen molar-refractivity contribution in [3.8, 4) is 0 Å². The Hall–Kier alpha value is -4.20. The van der Waals surface area contributed by atoms with Crippen LogP contribution in [-0.4, -0.2) is 41.8 Å². The number of hydrogen-bond acceptors (Lipinski definition) is 5. The first kappa shape index (κ1) is 28.8. The first-order valence-corrected chi connectivity index (χ1v) is 11.2. The smallest absolute Gasteiger partial charge is 0.271 e. The molecule has 0 spiro atoms. The van der Waals surface area contributed by atoms with Gasteiger partial charge < -0.3 is 15.1 Å². The third kappa shape index (κ3) is 9.29. The van der Waals surface area contributed by atoms with E-state index in [2.05, 4.69) is 42.0 Å². The molecule has 0 saturated heterocycles. The molecule has 0 atom stereocenters. The second kappa shape index (κ2) is 14.8. The maximum atomic E-state index is 12.3. The first-order chi connectivity index (χ1) is 16.7. The average molecular weight is 482 g/mol. The number of allylic oxidation sites excluding steroid dienone is 1. The lowest BCUT2D eigenvalue weighted by Gasteiger charge is -2.09. The van der Waals surface area contributed by atoms with Gasteiger partial charge in [0, 0.05) is 28.5 Å². The number of nitrogens with zero attached hydrogens (tertiary/aromatic N) is 3. The van der Waals surface area contributed by atoms with Crippen LogP contribution in [0.3, 0.4) is 0 Å². The van der Waals surface area contributed by atoms with Crippen molar-refractivity contribution in [3.05, 3.63) is 85.4 Å². The number of nitrogens with one attached hydrogen (secondary N) is 1. The lowest BCUT2D eigenvalue weighted by molar-refractivity contribution is 0.0821. The predicted molar refractivity (Wildman–Crippen MR) is 147 cm³/mol. The molecule has 0 aliphatic carbocycles. The minimum absolute atomic E-state index is 0. The zero-order valence-electron chi connectivity index (χ0n) is 21.0. The Balaban J connectivity index is 0. The van der Waals surface area contributed by atoms with Gasteiger partial charge in [0.15, 0.2) is 0 Å². The Morgan fingerprint density at radius 1 is 1.23 bits per heavy atom. The first-order valence-electron chi connectivity index (χ1n) is 11.2. The number of aryl methyl sites for hydroxylation is 1. The second-order valence-corrected chi connectivity index (χ2v) is 7.59. The van der Waals surface area contributed by atoms with E-state index in [1.165, 1.54) is 42.5 Å². The second-order valence-electron chi connectivity index (χ2n) is 7.59. The molecule has 0 aliphatic heterocycles. The highest BCUT2D eigenvalue weighted by atomic mass is 16.3. The normalized spacial score (nSPS) is 10.3. The summed E-state index contributed by atoms with van der Waals surface area (Å²) in [5, 5.41) is 3.40. The highest BCUT2D eigenvalue weighted by molar-refractivity contribution is 6.06. The van der Waals surface area contributed by atoms with Crippen molar-refractivity contribution in [2.75, 3.05) is 14.1 Å². The predicted octanol–water partition coefficient (Wildman–Crippen LogP) is 5.87. The van der Waals surface area contributed by atoms with Crippen LogP contribution >= 0.6 is 0 Å². The quantitative estimate of drug-likeness (QED) is 0.198. The molecule has 0 fully saturated rings. The standard InChI is InChI=1S/C19H19N5O3.C6H12.C2H4.2H2/c1-11-8-13-9-14(5-7-16(13)27-11)22-19(20)23-17(25)12-4-6-15(21-10-12)18(26)24(2)3;1-3-5-6-4-2;1-2;;/h4-10H,1-3H3,(H3,20,22,23,25);3H,1,4-6H2,2H3;1-2H2;2*1H. The number of hydrogen-bond donors (Lipinski definition) is 2. The van der Waals surface area contributed by atoms with Crippen LogP contribution in [0.25, 0.3) is 11.0 Å². The van der Waals surface area contributed by atoms with Crippen LogP contribution < -0.4 is 11.1 Å². The Morgan fingerprint density at radius 3 is 2.49 bits per heavy atom. The lowest BCUT2D eigenvalue weighted by Crippen LogP contribution is -2.36. The molecule has 2 aromatic heterocycles. The molecule has 0 bridgehead atoms. The molecular formula is C27H39N5O3. The number of guanidine groups is 1. The van der Waals surface area contributed by atoms with Crippen LogP contribution in [0.2, 0.25) is 0 Å². The molecule has 3 aromatic rings. The summed E-state index contributed by atoms with van der Waals surface area (Å²) in [5.74, 6) is 0.0462. The summed E-state index contributed by atoms with van der Waals surface area (Å²) in [6.45, 7) is 13.6. The van der Waals surface area contributed by atoms with E-state index < -0.39 is 5.91 Å². The van der Waals surface area contributed by atoms with Crippen molar-refractivity contribution in [2.24, 2.45) is 10.7 Å². The maximum absolute atomic E-state index is 12.3. The fourth-order valence-corrected chi connectivity index (χ4v) is 2.82. The summed E-state index contributed by atoms with van der Waals surface area (Å²) in [6.07, 6.45) is 7.04. The Bertz CT molecular complexity index is 1160. The van der Waals surface area contributed by atoms with Crippen LogP contribution in [0.5, 0.6) is 0 Å². The Morgan fingerprint density at radius 2 is 1.94 bits per heavy atom. The van der Waals surface area contributed by atoms with Crippen molar-refractivity contribution in [3.63, 3.8) is 0 Å². The molecular weight excluding hydrogens is 442 g/mol. The number of rotatable bonds is 6. The van der Waals surface area contributed by atoms with Gasteiger partial charge in [-0.15, -0.1) is 19.7 Å². The van der Waals surface area contributed by atoms with Crippen LogP contribution in [0.1, 0.15) is 55.6 Å². The zero-order chi connectivity index (χ0) is 26.4. The van der Waals surface area contributed by atoms with Crippen molar-refractivity contribution in [2.45, 2.75) is 33.1 Å². The number of fused-ring (bicyclic) bond motifs is 1. The summed E-state index contributed by atoms with van der Waals surface area (Å²) >= 11 is 0. The number of furan rings is 1. The molecule has 3 N–H and O–H groups in total. The molecule has 1 aromatic carbocycles. The highest BCUT2D eigenvalue weighted by Gasteiger charge is 2.12. The number of nitrogens with two attached hydrogens (primary N) is 1. The maximum Gasteiger partial charge on any atom is 0.271 e. The summed E-state index contributed by atoms with van der Waals surface area (Å²) in [4.78, 5) is 33.7. The van der Waals surface area contributed by atoms with Crippen LogP contribution in [0.4, 0.5) is 5.69 Å². The van der Waals surface area contributed by atoms with Gasteiger partial charge in [0.1, 0.15) is 17.0 Å². The van der Waals surface area contributed by atoms with Crippen molar-refractivity contribution < 1.29 is 16.9 Å². The number of carbonyl (C=O) groups excluding carboxylic acids is 2.